The van der Waals surface area contributed by atoms with Crippen molar-refractivity contribution < 1.29 is 0 Å². The van der Waals surface area contributed by atoms with Crippen LogP contribution in [0.2, 0.25) is 0 Å². The van der Waals surface area contributed by atoms with E-state index in [0.29, 0.717) is 17.3 Å². The fraction of sp³-hybridized carbons (Fsp3) is 0.0588. The molecule has 0 aliphatic carbocycles. The van der Waals surface area contributed by atoms with Crippen molar-refractivity contribution in [2.45, 2.75) is 6.54 Å². The number of rotatable bonds is 3. The molecule has 3 heterocycles. The van der Waals surface area contributed by atoms with Crippen LogP contribution >= 0.6 is 0 Å². The van der Waals surface area contributed by atoms with Crippen molar-refractivity contribution in [3.05, 3.63) is 87.2 Å². The van der Waals surface area contributed by atoms with Gasteiger partial charge in [-0.1, -0.05) is 36.4 Å². The van der Waals surface area contributed by atoms with Crippen LogP contribution in [0.1, 0.15) is 5.69 Å². The lowest BCUT2D eigenvalue weighted by Gasteiger charge is -2.04. The summed E-state index contributed by atoms with van der Waals surface area (Å²) in [6, 6.07) is 15.8. The Kier molecular flexibility index (Phi) is 3.31. The van der Waals surface area contributed by atoms with Gasteiger partial charge in [-0.2, -0.15) is 9.50 Å². The number of hydrogen-bond acceptors (Lipinski definition) is 4. The van der Waals surface area contributed by atoms with Crippen molar-refractivity contribution in [1.82, 2.24) is 24.1 Å². The van der Waals surface area contributed by atoms with Crippen molar-refractivity contribution in [2.24, 2.45) is 0 Å². The second kappa shape index (κ2) is 5.62. The van der Waals surface area contributed by atoms with Crippen molar-refractivity contribution in [2.75, 3.05) is 0 Å². The van der Waals surface area contributed by atoms with Gasteiger partial charge in [-0.05, 0) is 6.07 Å². The molecule has 118 valence electrons. The molecule has 24 heavy (non-hydrogen) atoms. The largest absolute Gasteiger partial charge is 0.326 e. The van der Waals surface area contributed by atoms with Crippen LogP contribution in [0.5, 0.6) is 0 Å². The normalized spacial score (nSPS) is 11.0. The molecule has 0 bridgehead atoms. The summed E-state index contributed by atoms with van der Waals surface area (Å²) in [6.07, 6.45) is 1.67. The molecule has 0 fully saturated rings. The summed E-state index contributed by atoms with van der Waals surface area (Å²) in [5.74, 6) is 0.818. The van der Waals surface area contributed by atoms with Gasteiger partial charge in [-0.3, -0.25) is 9.59 Å². The van der Waals surface area contributed by atoms with Crippen LogP contribution in [0.3, 0.4) is 0 Å². The first kappa shape index (κ1) is 14.1. The summed E-state index contributed by atoms with van der Waals surface area (Å²) in [5.41, 5.74) is 0.990. The number of nitrogens with zero attached hydrogens (tertiary/aromatic N) is 4. The van der Waals surface area contributed by atoms with Gasteiger partial charge in [0.2, 0.25) is 5.78 Å². The van der Waals surface area contributed by atoms with Crippen LogP contribution in [0.4, 0.5) is 0 Å². The Morgan fingerprint density at radius 2 is 1.75 bits per heavy atom. The number of aromatic amines is 1. The molecule has 4 rings (SSSR count). The number of pyridine rings is 1. The summed E-state index contributed by atoms with van der Waals surface area (Å²) >= 11 is 0. The molecule has 0 atom stereocenters. The van der Waals surface area contributed by atoms with Gasteiger partial charge in [0.1, 0.15) is 0 Å². The van der Waals surface area contributed by atoms with Gasteiger partial charge in [0.15, 0.2) is 5.82 Å². The predicted molar refractivity (Wildman–Crippen MR) is 88.8 cm³/mol. The maximum Gasteiger partial charge on any atom is 0.275 e. The van der Waals surface area contributed by atoms with E-state index in [0.717, 1.165) is 5.56 Å². The maximum atomic E-state index is 12.3. The van der Waals surface area contributed by atoms with Crippen molar-refractivity contribution in [3.8, 4) is 11.4 Å². The molecule has 0 aliphatic rings. The van der Waals surface area contributed by atoms with Crippen molar-refractivity contribution in [1.29, 1.82) is 0 Å². The zero-order valence-corrected chi connectivity index (χ0v) is 12.6. The highest BCUT2D eigenvalue weighted by molar-refractivity contribution is 5.56. The van der Waals surface area contributed by atoms with E-state index >= 15 is 0 Å². The fourth-order valence-corrected chi connectivity index (χ4v) is 2.51. The number of nitrogens with one attached hydrogen (secondary N) is 1. The lowest BCUT2D eigenvalue weighted by Crippen LogP contribution is -2.22. The second-order valence-electron chi connectivity index (χ2n) is 5.34. The predicted octanol–water partition coefficient (Wildman–Crippen LogP) is 1.29. The van der Waals surface area contributed by atoms with Crippen molar-refractivity contribution >= 4 is 5.78 Å². The number of fused-ring (bicyclic) bond motifs is 1. The highest BCUT2D eigenvalue weighted by atomic mass is 16.1. The van der Waals surface area contributed by atoms with Gasteiger partial charge in [-0.15, -0.1) is 5.10 Å². The topological polar surface area (TPSA) is 85.1 Å². The Hall–Kier alpha value is -3.48. The minimum absolute atomic E-state index is 0.135. The Balaban J connectivity index is 1.79. The first-order valence-corrected chi connectivity index (χ1v) is 7.40. The van der Waals surface area contributed by atoms with E-state index in [1.165, 1.54) is 21.2 Å². The van der Waals surface area contributed by atoms with Gasteiger partial charge in [0.25, 0.3) is 11.1 Å². The van der Waals surface area contributed by atoms with E-state index in [4.69, 9.17) is 0 Å². The third-order valence-corrected chi connectivity index (χ3v) is 3.66. The first-order chi connectivity index (χ1) is 11.7. The number of benzene rings is 1. The van der Waals surface area contributed by atoms with Crippen LogP contribution in [-0.2, 0) is 6.54 Å². The van der Waals surface area contributed by atoms with Gasteiger partial charge >= 0.3 is 0 Å². The molecule has 0 aliphatic heterocycles. The zero-order valence-electron chi connectivity index (χ0n) is 12.6. The zero-order chi connectivity index (χ0) is 16.5. The molecular formula is C17H13N5O2. The van der Waals surface area contributed by atoms with E-state index in [2.05, 4.69) is 15.1 Å². The quantitative estimate of drug-likeness (QED) is 0.617. The Morgan fingerprint density at radius 1 is 0.958 bits per heavy atom. The lowest BCUT2D eigenvalue weighted by molar-refractivity contribution is 0.731. The lowest BCUT2D eigenvalue weighted by atomic mass is 10.2. The fourth-order valence-electron chi connectivity index (χ4n) is 2.51. The summed E-state index contributed by atoms with van der Waals surface area (Å²) in [4.78, 5) is 31.5. The summed E-state index contributed by atoms with van der Waals surface area (Å²) in [7, 11) is 0. The van der Waals surface area contributed by atoms with Gasteiger partial charge in [0, 0.05) is 29.6 Å². The number of aromatic nitrogens is 5. The van der Waals surface area contributed by atoms with E-state index in [9.17, 15) is 9.59 Å². The Morgan fingerprint density at radius 3 is 2.54 bits per heavy atom. The minimum Gasteiger partial charge on any atom is -0.326 e. The van der Waals surface area contributed by atoms with E-state index in [1.54, 1.807) is 18.3 Å². The summed E-state index contributed by atoms with van der Waals surface area (Å²) in [6.45, 7) is 0.263. The van der Waals surface area contributed by atoms with Crippen LogP contribution < -0.4 is 11.1 Å². The monoisotopic (exact) mass is 319 g/mol. The van der Waals surface area contributed by atoms with E-state index in [-0.39, 0.29) is 17.7 Å². The molecule has 1 N–H and O–H groups in total. The molecule has 0 unspecified atom stereocenters. The molecule has 3 aromatic heterocycles. The minimum atomic E-state index is -0.294. The SMILES string of the molecule is O=c1ccccn1Cc1cc(=O)n2nc(-c3ccccc3)nc2[nH]1. The number of H-pyrrole nitrogens is 1. The molecule has 0 amide bonds. The Labute approximate surface area is 135 Å². The third-order valence-electron chi connectivity index (χ3n) is 3.66. The van der Waals surface area contributed by atoms with Crippen LogP contribution in [0.15, 0.2) is 70.4 Å². The standard InChI is InChI=1S/C17H13N5O2/c23-14-8-4-5-9-21(14)11-13-10-15(24)22-17(18-13)19-16(20-22)12-6-2-1-3-7-12/h1-10H,11H2,(H,18,19,20). The molecule has 7 heteroatoms. The maximum absolute atomic E-state index is 12.3. The molecule has 7 nitrogen and oxygen atoms in total. The van der Waals surface area contributed by atoms with E-state index < -0.39 is 0 Å². The van der Waals surface area contributed by atoms with Crippen molar-refractivity contribution in [3.63, 3.8) is 0 Å². The van der Waals surface area contributed by atoms with Crippen LogP contribution in [-0.4, -0.2) is 24.1 Å². The highest BCUT2D eigenvalue weighted by Crippen LogP contribution is 2.14. The highest BCUT2D eigenvalue weighted by Gasteiger charge is 2.10. The average Bonchev–Trinajstić information content (AvgIpc) is 3.03. The van der Waals surface area contributed by atoms with Crippen LogP contribution in [0, 0.1) is 0 Å². The molecule has 1 aromatic carbocycles. The Bertz CT molecular complexity index is 1120. The van der Waals surface area contributed by atoms with Gasteiger partial charge < -0.3 is 9.55 Å². The van der Waals surface area contributed by atoms with Gasteiger partial charge in [-0.25, -0.2) is 0 Å². The average molecular weight is 319 g/mol. The smallest absolute Gasteiger partial charge is 0.275 e. The van der Waals surface area contributed by atoms with Gasteiger partial charge in [0.05, 0.1) is 6.54 Å². The second-order valence-corrected chi connectivity index (χ2v) is 5.34. The first-order valence-electron chi connectivity index (χ1n) is 7.40. The third kappa shape index (κ3) is 2.52. The molecule has 4 aromatic rings. The molecule has 0 saturated carbocycles. The summed E-state index contributed by atoms with van der Waals surface area (Å²) in [5, 5.41) is 4.24. The summed E-state index contributed by atoms with van der Waals surface area (Å²) < 4.78 is 2.73. The van der Waals surface area contributed by atoms with Crippen LogP contribution in [0.25, 0.3) is 17.2 Å². The van der Waals surface area contributed by atoms with E-state index in [1.807, 2.05) is 30.3 Å². The molecule has 0 saturated heterocycles. The molecular weight excluding hydrogens is 306 g/mol. The molecule has 0 radical (unpaired) electrons. The molecule has 0 spiro atoms. The number of hydrogen-bond donors (Lipinski definition) is 1.